The van der Waals surface area contributed by atoms with Crippen LogP contribution < -0.4 is 15.0 Å². The van der Waals surface area contributed by atoms with Gasteiger partial charge < -0.3 is 19.4 Å². The lowest BCUT2D eigenvalue weighted by atomic mass is 9.77. The Morgan fingerprint density at radius 3 is 2.69 bits per heavy atom. The number of alkyl halides is 3. The molecular weight excluding hydrogens is 507 g/mol. The van der Waals surface area contributed by atoms with Crippen LogP contribution in [0.5, 0.6) is 5.75 Å². The van der Waals surface area contributed by atoms with Crippen molar-refractivity contribution in [2.75, 3.05) is 30.4 Å². The second-order valence-electron chi connectivity index (χ2n) is 10.4. The standard InChI is InChI=1S/C29H32F3N5O2/c1-38-25-10-8-21(14-22(25)15-33)26-17-35-28(39-26)36-24-7-3-2-6-20(24)13-19-5-4-12-37(18-19)23-9-11-27(34-16-23)29(30,31)32/h8-11,14,16-17,19-20,24H,2-7,12-13,18H2,1H3,(H,35,36)/t19-,20+,24-/m1/s1. The molecule has 3 atom stereocenters. The minimum Gasteiger partial charge on any atom is -0.495 e. The van der Waals surface area contributed by atoms with Gasteiger partial charge in [0.15, 0.2) is 5.76 Å². The molecule has 0 unspecified atom stereocenters. The first-order valence-corrected chi connectivity index (χ1v) is 13.4. The van der Waals surface area contributed by atoms with E-state index in [2.05, 4.69) is 26.3 Å². The third kappa shape index (κ3) is 6.29. The molecule has 5 rings (SSSR count). The first kappa shape index (κ1) is 26.9. The fraction of sp³-hybridized carbons (Fsp3) is 0.483. The smallest absolute Gasteiger partial charge is 0.433 e. The summed E-state index contributed by atoms with van der Waals surface area (Å²) in [6.45, 7) is 1.64. The molecule has 0 radical (unpaired) electrons. The molecule has 10 heteroatoms. The number of pyridine rings is 1. The van der Waals surface area contributed by atoms with Gasteiger partial charge in [-0.15, -0.1) is 0 Å². The minimum absolute atomic E-state index is 0.235. The lowest BCUT2D eigenvalue weighted by molar-refractivity contribution is -0.141. The molecule has 1 saturated carbocycles. The van der Waals surface area contributed by atoms with Gasteiger partial charge in [0.1, 0.15) is 17.5 Å². The molecule has 206 valence electrons. The third-order valence-corrected chi connectivity index (χ3v) is 7.89. The summed E-state index contributed by atoms with van der Waals surface area (Å²) in [5.74, 6) is 2.00. The van der Waals surface area contributed by atoms with Gasteiger partial charge in [0.05, 0.1) is 30.8 Å². The molecule has 0 amide bonds. The maximum Gasteiger partial charge on any atom is 0.433 e. The molecule has 1 N–H and O–H groups in total. The number of halogens is 3. The van der Waals surface area contributed by atoms with Crippen molar-refractivity contribution in [1.29, 1.82) is 5.26 Å². The van der Waals surface area contributed by atoms with Crippen molar-refractivity contribution >= 4 is 11.7 Å². The Morgan fingerprint density at radius 1 is 1.10 bits per heavy atom. The van der Waals surface area contributed by atoms with E-state index < -0.39 is 11.9 Å². The molecule has 0 bridgehead atoms. The predicted octanol–water partition coefficient (Wildman–Crippen LogP) is 6.91. The molecule has 2 fully saturated rings. The number of rotatable bonds is 7. The molecule has 39 heavy (non-hydrogen) atoms. The SMILES string of the molecule is COc1ccc(-c2cnc(N[C@@H]3CCCC[C@H]3C[C@H]3CCCN(c4ccc(C(F)(F)F)nc4)C3)o2)cc1C#N. The van der Waals surface area contributed by atoms with E-state index in [0.717, 1.165) is 68.9 Å². The summed E-state index contributed by atoms with van der Waals surface area (Å²) < 4.78 is 50.0. The van der Waals surface area contributed by atoms with E-state index in [9.17, 15) is 18.4 Å². The maximum absolute atomic E-state index is 12.9. The number of aromatic nitrogens is 2. The number of hydrogen-bond donors (Lipinski definition) is 1. The number of piperidine rings is 1. The van der Waals surface area contributed by atoms with E-state index >= 15 is 0 Å². The number of methoxy groups -OCH3 is 1. The summed E-state index contributed by atoms with van der Waals surface area (Å²) in [5, 5.41) is 12.9. The molecule has 2 aliphatic rings. The molecule has 7 nitrogen and oxygen atoms in total. The molecule has 3 aromatic rings. The van der Waals surface area contributed by atoms with Gasteiger partial charge in [-0.1, -0.05) is 12.8 Å². The summed E-state index contributed by atoms with van der Waals surface area (Å²) >= 11 is 0. The molecule has 1 aliphatic heterocycles. The molecule has 0 spiro atoms. The summed E-state index contributed by atoms with van der Waals surface area (Å²) in [6, 6.07) is 10.8. The molecule has 1 saturated heterocycles. The van der Waals surface area contributed by atoms with Gasteiger partial charge >= 0.3 is 6.18 Å². The van der Waals surface area contributed by atoms with Crippen LogP contribution in [-0.2, 0) is 6.18 Å². The molecule has 1 aliphatic carbocycles. The number of nitriles is 1. The van der Waals surface area contributed by atoms with E-state index in [1.54, 1.807) is 18.3 Å². The van der Waals surface area contributed by atoms with Crippen LogP contribution in [-0.4, -0.2) is 36.2 Å². The van der Waals surface area contributed by atoms with Crippen LogP contribution in [0.4, 0.5) is 24.9 Å². The highest BCUT2D eigenvalue weighted by molar-refractivity contribution is 5.63. The first-order valence-electron chi connectivity index (χ1n) is 13.4. The van der Waals surface area contributed by atoms with E-state index in [4.69, 9.17) is 9.15 Å². The lowest BCUT2D eigenvalue weighted by Gasteiger charge is -2.39. The van der Waals surface area contributed by atoms with Crippen LogP contribution in [0.2, 0.25) is 0 Å². The van der Waals surface area contributed by atoms with Crippen LogP contribution in [0.15, 0.2) is 47.1 Å². The fourth-order valence-corrected chi connectivity index (χ4v) is 5.92. The van der Waals surface area contributed by atoms with Gasteiger partial charge in [-0.3, -0.25) is 0 Å². The normalized spacial score (nSPS) is 21.8. The average molecular weight is 540 g/mol. The Hall–Kier alpha value is -3.74. The van der Waals surface area contributed by atoms with Gasteiger partial charge in [-0.05, 0) is 74.3 Å². The second-order valence-corrected chi connectivity index (χ2v) is 10.4. The molecule has 2 aromatic heterocycles. The van der Waals surface area contributed by atoms with Crippen LogP contribution >= 0.6 is 0 Å². The third-order valence-electron chi connectivity index (χ3n) is 7.89. The van der Waals surface area contributed by atoms with Gasteiger partial charge in [0.25, 0.3) is 6.01 Å². The Kier molecular flexibility index (Phi) is 7.96. The highest BCUT2D eigenvalue weighted by Crippen LogP contribution is 2.36. The Morgan fingerprint density at radius 2 is 1.95 bits per heavy atom. The van der Waals surface area contributed by atoms with Crippen molar-refractivity contribution in [2.45, 2.75) is 57.2 Å². The maximum atomic E-state index is 12.9. The summed E-state index contributed by atoms with van der Waals surface area (Å²) in [6.07, 6.45) is 6.21. The zero-order valence-corrected chi connectivity index (χ0v) is 21.9. The van der Waals surface area contributed by atoms with E-state index in [1.165, 1.54) is 25.8 Å². The minimum atomic E-state index is -4.43. The second kappa shape index (κ2) is 11.6. The zero-order valence-electron chi connectivity index (χ0n) is 21.9. The van der Waals surface area contributed by atoms with E-state index in [0.29, 0.717) is 34.9 Å². The number of benzene rings is 1. The summed E-state index contributed by atoms with van der Waals surface area (Å²) in [4.78, 5) is 10.3. The fourth-order valence-electron chi connectivity index (χ4n) is 5.92. The van der Waals surface area contributed by atoms with Gasteiger partial charge in [0.2, 0.25) is 0 Å². The van der Waals surface area contributed by atoms with Crippen LogP contribution in [0, 0.1) is 23.2 Å². The number of oxazole rings is 1. The van der Waals surface area contributed by atoms with Crippen LogP contribution in [0.25, 0.3) is 11.3 Å². The Bertz CT molecular complexity index is 1300. The molecular formula is C29H32F3N5O2. The van der Waals surface area contributed by atoms with Crippen molar-refractivity contribution in [3.05, 3.63) is 54.0 Å². The monoisotopic (exact) mass is 539 g/mol. The van der Waals surface area contributed by atoms with Crippen LogP contribution in [0.3, 0.4) is 0 Å². The largest absolute Gasteiger partial charge is 0.495 e. The van der Waals surface area contributed by atoms with Crippen molar-refractivity contribution < 1.29 is 22.3 Å². The lowest BCUT2D eigenvalue weighted by Crippen LogP contribution is -2.39. The average Bonchev–Trinajstić information content (AvgIpc) is 3.42. The van der Waals surface area contributed by atoms with Gasteiger partial charge in [-0.25, -0.2) is 9.97 Å². The highest BCUT2D eigenvalue weighted by atomic mass is 19.4. The van der Waals surface area contributed by atoms with E-state index in [-0.39, 0.29) is 6.04 Å². The van der Waals surface area contributed by atoms with Crippen LogP contribution in [0.1, 0.15) is 56.2 Å². The first-order chi connectivity index (χ1) is 18.8. The Balaban J connectivity index is 1.22. The highest BCUT2D eigenvalue weighted by Gasteiger charge is 2.33. The predicted molar refractivity (Wildman–Crippen MR) is 141 cm³/mol. The van der Waals surface area contributed by atoms with Crippen molar-refractivity contribution in [1.82, 2.24) is 9.97 Å². The Labute approximate surface area is 226 Å². The quantitative estimate of drug-likeness (QED) is 0.349. The topological polar surface area (TPSA) is 87.2 Å². The summed E-state index contributed by atoms with van der Waals surface area (Å²) in [7, 11) is 1.53. The number of anilines is 2. The van der Waals surface area contributed by atoms with E-state index in [1.807, 2.05) is 6.07 Å². The number of hydrogen-bond acceptors (Lipinski definition) is 7. The molecule has 1 aromatic carbocycles. The molecule has 3 heterocycles. The number of nitrogens with zero attached hydrogens (tertiary/aromatic N) is 4. The van der Waals surface area contributed by atoms with Crippen molar-refractivity contribution in [3.63, 3.8) is 0 Å². The van der Waals surface area contributed by atoms with Gasteiger partial charge in [-0.2, -0.15) is 18.4 Å². The number of ether oxygens (including phenoxy) is 1. The van der Waals surface area contributed by atoms with Gasteiger partial charge in [0, 0.05) is 24.7 Å². The van der Waals surface area contributed by atoms with Crippen molar-refractivity contribution in [3.8, 4) is 23.1 Å². The zero-order chi connectivity index (χ0) is 27.4. The summed E-state index contributed by atoms with van der Waals surface area (Å²) in [5.41, 5.74) is 1.08. The van der Waals surface area contributed by atoms with Crippen molar-refractivity contribution in [2.24, 2.45) is 11.8 Å². The number of nitrogens with one attached hydrogen (secondary N) is 1.